The van der Waals surface area contributed by atoms with Crippen molar-refractivity contribution in [3.63, 3.8) is 0 Å². The molecule has 0 aromatic rings. The van der Waals surface area contributed by atoms with Gasteiger partial charge in [-0.15, -0.1) is 0 Å². The van der Waals surface area contributed by atoms with E-state index in [9.17, 15) is 5.11 Å². The highest BCUT2D eigenvalue weighted by Gasteiger charge is 2.22. The van der Waals surface area contributed by atoms with Crippen LogP contribution in [0.4, 0.5) is 0 Å². The molecule has 1 saturated carbocycles. The van der Waals surface area contributed by atoms with E-state index in [2.05, 4.69) is 6.92 Å². The Bertz CT molecular complexity index is 184. The van der Waals surface area contributed by atoms with Gasteiger partial charge < -0.3 is 5.11 Å². The average molecular weight is 268 g/mol. The summed E-state index contributed by atoms with van der Waals surface area (Å²) >= 11 is 0. The van der Waals surface area contributed by atoms with Gasteiger partial charge in [0, 0.05) is 0 Å². The summed E-state index contributed by atoms with van der Waals surface area (Å²) in [6.07, 6.45) is 20.2. The Morgan fingerprint density at radius 2 is 1.26 bits per heavy atom. The van der Waals surface area contributed by atoms with E-state index < -0.39 is 0 Å². The van der Waals surface area contributed by atoms with E-state index in [1.54, 1.807) is 0 Å². The molecule has 1 aliphatic carbocycles. The molecular weight excluding hydrogens is 232 g/mol. The summed E-state index contributed by atoms with van der Waals surface area (Å²) in [7, 11) is 0. The van der Waals surface area contributed by atoms with Crippen LogP contribution in [-0.4, -0.2) is 11.2 Å². The molecule has 1 aliphatic rings. The lowest BCUT2D eigenvalue weighted by molar-refractivity contribution is 0.0989. The van der Waals surface area contributed by atoms with Crippen LogP contribution >= 0.6 is 0 Å². The summed E-state index contributed by atoms with van der Waals surface area (Å²) in [5, 5.41) is 10.1. The molecule has 1 atom stereocenters. The maximum absolute atomic E-state index is 10.1. The normalized spacial score (nSPS) is 18.0. The van der Waals surface area contributed by atoms with Crippen LogP contribution in [-0.2, 0) is 0 Å². The van der Waals surface area contributed by atoms with Gasteiger partial charge in [-0.05, 0) is 25.2 Å². The van der Waals surface area contributed by atoms with E-state index in [1.165, 1.54) is 89.9 Å². The Balaban J connectivity index is 1.78. The summed E-state index contributed by atoms with van der Waals surface area (Å²) in [6, 6.07) is 0. The zero-order chi connectivity index (χ0) is 13.8. The van der Waals surface area contributed by atoms with Crippen LogP contribution in [0.25, 0.3) is 0 Å². The van der Waals surface area contributed by atoms with Crippen LogP contribution in [0.15, 0.2) is 0 Å². The molecule has 1 N–H and O–H groups in total. The first-order chi connectivity index (χ1) is 9.34. The van der Waals surface area contributed by atoms with Gasteiger partial charge in [0.05, 0.1) is 6.10 Å². The molecule has 0 aliphatic heterocycles. The van der Waals surface area contributed by atoms with Crippen LogP contribution in [0.3, 0.4) is 0 Å². The first-order valence-corrected chi connectivity index (χ1v) is 9.02. The number of unbranched alkanes of at least 4 members (excludes halogenated alkanes) is 9. The monoisotopic (exact) mass is 268 g/mol. The van der Waals surface area contributed by atoms with Gasteiger partial charge in [-0.25, -0.2) is 0 Å². The third-order valence-corrected chi connectivity index (χ3v) is 4.80. The summed E-state index contributed by atoms with van der Waals surface area (Å²) in [4.78, 5) is 0. The van der Waals surface area contributed by atoms with Gasteiger partial charge in [0.1, 0.15) is 0 Å². The van der Waals surface area contributed by atoms with E-state index in [0.29, 0.717) is 5.92 Å². The second-order valence-electron chi connectivity index (χ2n) is 6.58. The molecule has 1 unspecified atom stereocenters. The van der Waals surface area contributed by atoms with Crippen molar-refractivity contribution in [1.29, 1.82) is 0 Å². The van der Waals surface area contributed by atoms with Gasteiger partial charge in [-0.3, -0.25) is 0 Å². The topological polar surface area (TPSA) is 20.2 Å². The molecular formula is C18H36O. The fourth-order valence-electron chi connectivity index (χ4n) is 3.42. The van der Waals surface area contributed by atoms with Gasteiger partial charge >= 0.3 is 0 Å². The first-order valence-electron chi connectivity index (χ1n) is 9.02. The zero-order valence-electron chi connectivity index (χ0n) is 13.2. The number of aliphatic hydroxyl groups is 1. The summed E-state index contributed by atoms with van der Waals surface area (Å²) in [6.45, 7) is 2.28. The number of hydrogen-bond donors (Lipinski definition) is 1. The third-order valence-electron chi connectivity index (χ3n) is 4.80. The minimum absolute atomic E-state index is 0.0107. The van der Waals surface area contributed by atoms with Crippen molar-refractivity contribution in [3.05, 3.63) is 0 Å². The molecule has 0 heterocycles. The van der Waals surface area contributed by atoms with Gasteiger partial charge in [0.2, 0.25) is 0 Å². The molecule has 0 aromatic carbocycles. The lowest BCUT2D eigenvalue weighted by atomic mass is 9.95. The van der Waals surface area contributed by atoms with Crippen molar-refractivity contribution in [2.45, 2.75) is 109 Å². The Kier molecular flexibility index (Phi) is 10.5. The molecule has 0 radical (unpaired) electrons. The number of hydrogen-bond acceptors (Lipinski definition) is 1. The van der Waals surface area contributed by atoms with Crippen LogP contribution in [0.5, 0.6) is 0 Å². The number of rotatable bonds is 12. The molecule has 0 amide bonds. The van der Waals surface area contributed by atoms with E-state index in [1.807, 2.05) is 0 Å². The van der Waals surface area contributed by atoms with Gasteiger partial charge in [-0.1, -0.05) is 84.0 Å². The Morgan fingerprint density at radius 3 is 1.79 bits per heavy atom. The SMILES string of the molecule is CCCCCCCCCCCCC(O)C1CCCC1. The van der Waals surface area contributed by atoms with Crippen molar-refractivity contribution < 1.29 is 5.11 Å². The standard InChI is InChI=1S/C18H36O/c1-2-3-4-5-6-7-8-9-10-11-16-18(19)17-14-12-13-15-17/h17-19H,2-16H2,1H3. The fraction of sp³-hybridized carbons (Fsp3) is 1.00. The van der Waals surface area contributed by atoms with Crippen molar-refractivity contribution in [1.82, 2.24) is 0 Å². The maximum atomic E-state index is 10.1. The van der Waals surface area contributed by atoms with Gasteiger partial charge in [-0.2, -0.15) is 0 Å². The minimum Gasteiger partial charge on any atom is -0.393 e. The molecule has 0 aromatic heterocycles. The van der Waals surface area contributed by atoms with Crippen LogP contribution in [0.2, 0.25) is 0 Å². The molecule has 1 rings (SSSR count). The molecule has 0 saturated heterocycles. The van der Waals surface area contributed by atoms with Gasteiger partial charge in [0.25, 0.3) is 0 Å². The van der Waals surface area contributed by atoms with E-state index in [-0.39, 0.29) is 6.10 Å². The van der Waals surface area contributed by atoms with Gasteiger partial charge in [0.15, 0.2) is 0 Å². The highest BCUT2D eigenvalue weighted by atomic mass is 16.3. The Morgan fingerprint density at radius 1 is 0.789 bits per heavy atom. The lowest BCUT2D eigenvalue weighted by Crippen LogP contribution is -2.17. The smallest absolute Gasteiger partial charge is 0.0568 e. The van der Waals surface area contributed by atoms with E-state index in [4.69, 9.17) is 0 Å². The van der Waals surface area contributed by atoms with E-state index >= 15 is 0 Å². The lowest BCUT2D eigenvalue weighted by Gasteiger charge is -2.17. The van der Waals surface area contributed by atoms with Crippen molar-refractivity contribution in [2.75, 3.05) is 0 Å². The highest BCUT2D eigenvalue weighted by molar-refractivity contribution is 4.74. The fourth-order valence-corrected chi connectivity index (χ4v) is 3.42. The van der Waals surface area contributed by atoms with Crippen LogP contribution < -0.4 is 0 Å². The molecule has 1 heteroatoms. The largest absolute Gasteiger partial charge is 0.393 e. The molecule has 1 nitrogen and oxygen atoms in total. The minimum atomic E-state index is 0.0107. The molecule has 0 spiro atoms. The molecule has 0 bridgehead atoms. The average Bonchev–Trinajstić information content (AvgIpc) is 2.95. The maximum Gasteiger partial charge on any atom is 0.0568 e. The summed E-state index contributed by atoms with van der Waals surface area (Å²) in [5.41, 5.74) is 0. The second-order valence-corrected chi connectivity index (χ2v) is 6.58. The van der Waals surface area contributed by atoms with E-state index in [0.717, 1.165) is 6.42 Å². The summed E-state index contributed by atoms with van der Waals surface area (Å²) in [5.74, 6) is 0.638. The molecule has 19 heavy (non-hydrogen) atoms. The predicted octanol–water partition coefficient (Wildman–Crippen LogP) is 5.85. The quantitative estimate of drug-likeness (QED) is 0.440. The van der Waals surface area contributed by atoms with Crippen LogP contribution in [0, 0.1) is 5.92 Å². The Hall–Kier alpha value is -0.0400. The zero-order valence-corrected chi connectivity index (χ0v) is 13.2. The van der Waals surface area contributed by atoms with Crippen molar-refractivity contribution in [2.24, 2.45) is 5.92 Å². The number of aliphatic hydroxyl groups excluding tert-OH is 1. The third kappa shape index (κ3) is 8.68. The second kappa shape index (κ2) is 11.8. The molecule has 1 fully saturated rings. The Labute approximate surface area is 121 Å². The van der Waals surface area contributed by atoms with Crippen molar-refractivity contribution >= 4 is 0 Å². The summed E-state index contributed by atoms with van der Waals surface area (Å²) < 4.78 is 0. The molecule has 114 valence electrons. The predicted molar refractivity (Wildman–Crippen MR) is 84.4 cm³/mol. The highest BCUT2D eigenvalue weighted by Crippen LogP contribution is 2.29. The van der Waals surface area contributed by atoms with Crippen molar-refractivity contribution in [3.8, 4) is 0 Å². The first kappa shape index (κ1) is 17.0. The van der Waals surface area contributed by atoms with Crippen LogP contribution in [0.1, 0.15) is 103 Å².